The Morgan fingerprint density at radius 3 is 2.21 bits per heavy atom. The highest BCUT2D eigenvalue weighted by molar-refractivity contribution is 5.81. The number of carbonyl (C=O) groups is 1. The van der Waals surface area contributed by atoms with E-state index in [2.05, 4.69) is 19.2 Å². The van der Waals surface area contributed by atoms with Gasteiger partial charge in [0.05, 0.1) is 6.04 Å². The molecule has 1 aliphatic rings. The molecule has 82 valence electrons. The van der Waals surface area contributed by atoms with E-state index in [1.165, 1.54) is 32.1 Å². The molecule has 0 heterocycles. The van der Waals surface area contributed by atoms with Crippen LogP contribution in [-0.4, -0.2) is 17.9 Å². The summed E-state index contributed by atoms with van der Waals surface area (Å²) in [7, 11) is 0. The SMILES string of the molecule is CC(=O)[C@@H](NC(C)C)C1CCCCC1. The molecular weight excluding hydrogens is 174 g/mol. The van der Waals surface area contributed by atoms with E-state index >= 15 is 0 Å². The number of carbonyl (C=O) groups excluding carboxylic acids is 1. The molecule has 2 nitrogen and oxygen atoms in total. The molecule has 0 aliphatic heterocycles. The summed E-state index contributed by atoms with van der Waals surface area (Å²) in [5, 5.41) is 3.40. The predicted octanol–water partition coefficient (Wildman–Crippen LogP) is 2.52. The Hall–Kier alpha value is -0.370. The summed E-state index contributed by atoms with van der Waals surface area (Å²) in [6.07, 6.45) is 6.40. The van der Waals surface area contributed by atoms with E-state index in [-0.39, 0.29) is 6.04 Å². The van der Waals surface area contributed by atoms with Crippen LogP contribution in [-0.2, 0) is 4.79 Å². The van der Waals surface area contributed by atoms with E-state index in [9.17, 15) is 4.79 Å². The van der Waals surface area contributed by atoms with Gasteiger partial charge in [0.25, 0.3) is 0 Å². The minimum atomic E-state index is 0.107. The third kappa shape index (κ3) is 3.41. The molecule has 1 aliphatic carbocycles. The quantitative estimate of drug-likeness (QED) is 0.750. The molecule has 0 aromatic carbocycles. The highest BCUT2D eigenvalue weighted by Gasteiger charge is 2.26. The fourth-order valence-electron chi connectivity index (χ4n) is 2.41. The molecule has 0 bridgehead atoms. The van der Waals surface area contributed by atoms with E-state index in [4.69, 9.17) is 0 Å². The number of hydrogen-bond donors (Lipinski definition) is 1. The molecule has 1 atom stereocenters. The normalized spacial score (nSPS) is 21.1. The highest BCUT2D eigenvalue weighted by Crippen LogP contribution is 2.27. The number of nitrogens with one attached hydrogen (secondary N) is 1. The van der Waals surface area contributed by atoms with Crippen LogP contribution in [0.25, 0.3) is 0 Å². The number of rotatable bonds is 4. The molecule has 0 spiro atoms. The van der Waals surface area contributed by atoms with Gasteiger partial charge in [-0.1, -0.05) is 33.1 Å². The lowest BCUT2D eigenvalue weighted by Crippen LogP contribution is -2.45. The fraction of sp³-hybridized carbons (Fsp3) is 0.917. The average Bonchev–Trinajstić information content (AvgIpc) is 2.15. The van der Waals surface area contributed by atoms with Crippen molar-refractivity contribution >= 4 is 5.78 Å². The maximum Gasteiger partial charge on any atom is 0.146 e. The smallest absolute Gasteiger partial charge is 0.146 e. The zero-order valence-corrected chi connectivity index (χ0v) is 9.68. The van der Waals surface area contributed by atoms with Crippen molar-refractivity contribution in [3.63, 3.8) is 0 Å². The Kier molecular flexibility index (Phi) is 4.59. The van der Waals surface area contributed by atoms with Crippen LogP contribution in [0.15, 0.2) is 0 Å². The van der Waals surface area contributed by atoms with E-state index in [1.807, 2.05) is 0 Å². The monoisotopic (exact) mass is 197 g/mol. The first kappa shape index (κ1) is 11.7. The molecule has 0 unspecified atom stereocenters. The Morgan fingerprint density at radius 1 is 1.21 bits per heavy atom. The van der Waals surface area contributed by atoms with Crippen molar-refractivity contribution in [1.29, 1.82) is 0 Å². The first-order chi connectivity index (χ1) is 6.61. The second-order valence-corrected chi connectivity index (χ2v) is 4.81. The topological polar surface area (TPSA) is 29.1 Å². The van der Waals surface area contributed by atoms with E-state index in [0.29, 0.717) is 17.7 Å². The van der Waals surface area contributed by atoms with Crippen molar-refractivity contribution in [3.05, 3.63) is 0 Å². The summed E-state index contributed by atoms with van der Waals surface area (Å²) in [6.45, 7) is 5.94. The van der Waals surface area contributed by atoms with E-state index < -0.39 is 0 Å². The van der Waals surface area contributed by atoms with Crippen LogP contribution in [0.1, 0.15) is 52.9 Å². The van der Waals surface area contributed by atoms with Gasteiger partial charge in [-0.3, -0.25) is 4.79 Å². The van der Waals surface area contributed by atoms with Gasteiger partial charge in [-0.05, 0) is 25.7 Å². The van der Waals surface area contributed by atoms with E-state index in [1.54, 1.807) is 6.92 Å². The number of hydrogen-bond acceptors (Lipinski definition) is 2. The summed E-state index contributed by atoms with van der Waals surface area (Å²) in [4.78, 5) is 11.5. The molecule has 0 saturated heterocycles. The van der Waals surface area contributed by atoms with Crippen molar-refractivity contribution in [1.82, 2.24) is 5.32 Å². The Labute approximate surface area is 87.5 Å². The third-order valence-electron chi connectivity index (χ3n) is 3.07. The zero-order valence-electron chi connectivity index (χ0n) is 9.68. The summed E-state index contributed by atoms with van der Waals surface area (Å²) < 4.78 is 0. The lowest BCUT2D eigenvalue weighted by Gasteiger charge is -2.30. The van der Waals surface area contributed by atoms with Crippen LogP contribution in [0.5, 0.6) is 0 Å². The predicted molar refractivity (Wildman–Crippen MR) is 59.3 cm³/mol. The van der Waals surface area contributed by atoms with Crippen molar-refractivity contribution in [2.45, 2.75) is 65.0 Å². The minimum Gasteiger partial charge on any atom is -0.305 e. The van der Waals surface area contributed by atoms with Crippen LogP contribution in [0.4, 0.5) is 0 Å². The van der Waals surface area contributed by atoms with Crippen molar-refractivity contribution < 1.29 is 4.79 Å². The van der Waals surface area contributed by atoms with Gasteiger partial charge in [0.2, 0.25) is 0 Å². The zero-order chi connectivity index (χ0) is 10.6. The Morgan fingerprint density at radius 2 is 1.79 bits per heavy atom. The first-order valence-electron chi connectivity index (χ1n) is 5.87. The molecule has 1 fully saturated rings. The summed E-state index contributed by atoms with van der Waals surface area (Å²) in [5.41, 5.74) is 0. The minimum absolute atomic E-state index is 0.107. The molecule has 0 amide bonds. The maximum atomic E-state index is 11.5. The second kappa shape index (κ2) is 5.50. The lowest BCUT2D eigenvalue weighted by atomic mass is 9.82. The van der Waals surface area contributed by atoms with Gasteiger partial charge in [0, 0.05) is 6.04 Å². The molecule has 1 rings (SSSR count). The van der Waals surface area contributed by atoms with Crippen LogP contribution in [0, 0.1) is 5.92 Å². The van der Waals surface area contributed by atoms with Gasteiger partial charge in [-0.15, -0.1) is 0 Å². The Bertz CT molecular complexity index is 183. The van der Waals surface area contributed by atoms with Crippen molar-refractivity contribution in [2.75, 3.05) is 0 Å². The molecule has 0 radical (unpaired) electrons. The van der Waals surface area contributed by atoms with Crippen LogP contribution >= 0.6 is 0 Å². The van der Waals surface area contributed by atoms with Gasteiger partial charge < -0.3 is 5.32 Å². The molecule has 0 aromatic heterocycles. The van der Waals surface area contributed by atoms with Crippen LogP contribution in [0.2, 0.25) is 0 Å². The fourth-order valence-corrected chi connectivity index (χ4v) is 2.41. The second-order valence-electron chi connectivity index (χ2n) is 4.81. The molecule has 2 heteroatoms. The van der Waals surface area contributed by atoms with Gasteiger partial charge in [-0.2, -0.15) is 0 Å². The van der Waals surface area contributed by atoms with Crippen molar-refractivity contribution in [3.8, 4) is 0 Å². The summed E-state index contributed by atoms with van der Waals surface area (Å²) in [6, 6.07) is 0.515. The van der Waals surface area contributed by atoms with E-state index in [0.717, 1.165) is 0 Å². The highest BCUT2D eigenvalue weighted by atomic mass is 16.1. The van der Waals surface area contributed by atoms with Gasteiger partial charge in [0.1, 0.15) is 5.78 Å². The molecule has 14 heavy (non-hydrogen) atoms. The number of ketones is 1. The van der Waals surface area contributed by atoms with Gasteiger partial charge >= 0.3 is 0 Å². The van der Waals surface area contributed by atoms with Crippen LogP contribution in [0.3, 0.4) is 0 Å². The standard InChI is InChI=1S/C12H23NO/c1-9(2)13-12(10(3)14)11-7-5-4-6-8-11/h9,11-13H,4-8H2,1-3H3/t12-/m1/s1. The van der Waals surface area contributed by atoms with Gasteiger partial charge in [0.15, 0.2) is 0 Å². The molecule has 0 aromatic rings. The Balaban J connectivity index is 2.51. The van der Waals surface area contributed by atoms with Crippen LogP contribution < -0.4 is 5.32 Å². The molecule has 1 saturated carbocycles. The van der Waals surface area contributed by atoms with Crippen molar-refractivity contribution in [2.24, 2.45) is 5.92 Å². The summed E-state index contributed by atoms with van der Waals surface area (Å²) >= 11 is 0. The van der Waals surface area contributed by atoms with Gasteiger partial charge in [-0.25, -0.2) is 0 Å². The first-order valence-corrected chi connectivity index (χ1v) is 5.87. The molecular formula is C12H23NO. The molecule has 1 N–H and O–H groups in total. The number of Topliss-reactive ketones (excluding diaryl/α,β-unsaturated/α-hetero) is 1. The largest absolute Gasteiger partial charge is 0.305 e. The summed E-state index contributed by atoms with van der Waals surface area (Å²) in [5.74, 6) is 0.897. The average molecular weight is 197 g/mol. The lowest BCUT2D eigenvalue weighted by molar-refractivity contribution is -0.120. The maximum absolute atomic E-state index is 11.5. The third-order valence-corrected chi connectivity index (χ3v) is 3.07.